The van der Waals surface area contributed by atoms with Gasteiger partial charge in [0.1, 0.15) is 11.6 Å². The van der Waals surface area contributed by atoms with Gasteiger partial charge in [-0.1, -0.05) is 11.6 Å². The quantitative estimate of drug-likeness (QED) is 0.925. The Balaban J connectivity index is 2.16. The number of methoxy groups -OCH3 is 1. The highest BCUT2D eigenvalue weighted by Gasteiger charge is 2.17. The van der Waals surface area contributed by atoms with E-state index in [0.717, 1.165) is 42.5 Å². The van der Waals surface area contributed by atoms with E-state index in [2.05, 4.69) is 9.97 Å². The van der Waals surface area contributed by atoms with Crippen LogP contribution in [-0.2, 0) is 12.8 Å². The fraction of sp³-hybridized carbons (Fsp3) is 0.333. The van der Waals surface area contributed by atoms with E-state index in [1.165, 1.54) is 0 Å². The Labute approximate surface area is 121 Å². The summed E-state index contributed by atoms with van der Waals surface area (Å²) in [5, 5.41) is 0.589. The average molecular weight is 291 g/mol. The predicted molar refractivity (Wildman–Crippen MR) is 78.5 cm³/mol. The molecule has 104 valence electrons. The monoisotopic (exact) mass is 290 g/mol. The molecule has 0 spiro atoms. The van der Waals surface area contributed by atoms with Gasteiger partial charge in [-0.05, 0) is 43.9 Å². The molecular formula is C15H15ClN2O2. The SMILES string of the molecule is COc1cc(Cl)ccc1-c1nc2c(c(=O)[nH]1)CCCC2. The summed E-state index contributed by atoms with van der Waals surface area (Å²) in [4.78, 5) is 19.6. The number of aryl methyl sites for hydroxylation is 1. The summed E-state index contributed by atoms with van der Waals surface area (Å²) in [5.74, 6) is 1.15. The molecule has 1 aromatic heterocycles. The number of hydrogen-bond donors (Lipinski definition) is 1. The molecule has 0 radical (unpaired) electrons. The molecule has 0 fully saturated rings. The van der Waals surface area contributed by atoms with Crippen LogP contribution in [0.4, 0.5) is 0 Å². The second-order valence-corrected chi connectivity index (χ2v) is 5.33. The lowest BCUT2D eigenvalue weighted by Crippen LogP contribution is -2.21. The lowest BCUT2D eigenvalue weighted by Gasteiger charge is -2.15. The number of nitrogens with one attached hydrogen (secondary N) is 1. The van der Waals surface area contributed by atoms with Gasteiger partial charge < -0.3 is 9.72 Å². The number of rotatable bonds is 2. The number of fused-ring (bicyclic) bond motifs is 1. The maximum atomic E-state index is 12.2. The van der Waals surface area contributed by atoms with Crippen molar-refractivity contribution in [1.82, 2.24) is 9.97 Å². The van der Waals surface area contributed by atoms with Gasteiger partial charge in [0, 0.05) is 10.6 Å². The Morgan fingerprint density at radius 2 is 2.10 bits per heavy atom. The number of ether oxygens (including phenoxy) is 1. The number of hydrogen-bond acceptors (Lipinski definition) is 3. The molecule has 1 aliphatic rings. The van der Waals surface area contributed by atoms with Crippen LogP contribution in [0.25, 0.3) is 11.4 Å². The first-order valence-corrected chi connectivity index (χ1v) is 7.03. The standard InChI is InChI=1S/C15H15ClN2O2/c1-20-13-8-9(16)6-7-11(13)14-17-12-5-3-2-4-10(12)15(19)18-14/h6-8H,2-5H2,1H3,(H,17,18,19). The lowest BCUT2D eigenvalue weighted by atomic mass is 9.97. The van der Waals surface area contributed by atoms with Gasteiger partial charge in [-0.3, -0.25) is 4.79 Å². The number of H-pyrrole nitrogens is 1. The minimum atomic E-state index is -0.0401. The lowest BCUT2D eigenvalue weighted by molar-refractivity contribution is 0.416. The summed E-state index contributed by atoms with van der Waals surface area (Å²) in [5.41, 5.74) is 2.45. The highest BCUT2D eigenvalue weighted by Crippen LogP contribution is 2.30. The van der Waals surface area contributed by atoms with E-state index < -0.39 is 0 Å². The number of aromatic amines is 1. The second-order valence-electron chi connectivity index (χ2n) is 4.89. The summed E-state index contributed by atoms with van der Waals surface area (Å²) in [6.45, 7) is 0. The molecule has 0 amide bonds. The molecule has 0 aliphatic heterocycles. The van der Waals surface area contributed by atoms with E-state index in [1.54, 1.807) is 19.2 Å². The molecule has 0 bridgehead atoms. The highest BCUT2D eigenvalue weighted by atomic mass is 35.5. The number of aromatic nitrogens is 2. The third-order valence-corrected chi connectivity index (χ3v) is 3.85. The van der Waals surface area contributed by atoms with E-state index in [4.69, 9.17) is 16.3 Å². The molecule has 0 unspecified atom stereocenters. The van der Waals surface area contributed by atoms with Gasteiger partial charge in [0.25, 0.3) is 5.56 Å². The predicted octanol–water partition coefficient (Wildman–Crippen LogP) is 2.98. The second kappa shape index (κ2) is 5.29. The Morgan fingerprint density at radius 3 is 2.90 bits per heavy atom. The third kappa shape index (κ3) is 2.31. The van der Waals surface area contributed by atoms with Crippen LogP contribution in [0.5, 0.6) is 5.75 Å². The summed E-state index contributed by atoms with van der Waals surface area (Å²) in [6.07, 6.45) is 3.82. The van der Waals surface area contributed by atoms with Crippen LogP contribution in [0.1, 0.15) is 24.1 Å². The van der Waals surface area contributed by atoms with E-state index >= 15 is 0 Å². The van der Waals surface area contributed by atoms with Gasteiger partial charge in [-0.15, -0.1) is 0 Å². The molecular weight excluding hydrogens is 276 g/mol. The molecule has 20 heavy (non-hydrogen) atoms. The van der Waals surface area contributed by atoms with Crippen molar-refractivity contribution in [3.05, 3.63) is 44.8 Å². The zero-order chi connectivity index (χ0) is 14.1. The van der Waals surface area contributed by atoms with E-state index in [1.807, 2.05) is 6.07 Å². The van der Waals surface area contributed by atoms with Crippen molar-refractivity contribution in [2.24, 2.45) is 0 Å². The van der Waals surface area contributed by atoms with Crippen LogP contribution in [0.2, 0.25) is 5.02 Å². The van der Waals surface area contributed by atoms with Crippen molar-refractivity contribution in [1.29, 1.82) is 0 Å². The number of halogens is 1. The summed E-state index contributed by atoms with van der Waals surface area (Å²) in [6, 6.07) is 5.30. The van der Waals surface area contributed by atoms with E-state index in [9.17, 15) is 4.79 Å². The fourth-order valence-corrected chi connectivity index (χ4v) is 2.75. The van der Waals surface area contributed by atoms with Crippen LogP contribution in [0, 0.1) is 0 Å². The Kier molecular flexibility index (Phi) is 3.49. The van der Waals surface area contributed by atoms with Gasteiger partial charge in [0.05, 0.1) is 18.4 Å². The Bertz CT molecular complexity index is 710. The number of nitrogens with zero attached hydrogens (tertiary/aromatic N) is 1. The average Bonchev–Trinajstić information content (AvgIpc) is 2.47. The normalized spacial score (nSPS) is 13.9. The maximum Gasteiger partial charge on any atom is 0.254 e. The molecule has 0 saturated heterocycles. The van der Waals surface area contributed by atoms with Crippen LogP contribution in [0.15, 0.2) is 23.0 Å². The molecule has 3 rings (SSSR count). The zero-order valence-corrected chi connectivity index (χ0v) is 12.0. The van der Waals surface area contributed by atoms with Crippen LogP contribution in [0.3, 0.4) is 0 Å². The molecule has 0 atom stereocenters. The summed E-state index contributed by atoms with van der Waals surface area (Å²) >= 11 is 5.96. The Morgan fingerprint density at radius 1 is 1.30 bits per heavy atom. The first-order valence-electron chi connectivity index (χ1n) is 6.65. The molecule has 1 N–H and O–H groups in total. The molecule has 1 heterocycles. The first kappa shape index (κ1) is 13.2. The number of benzene rings is 1. The molecule has 5 heteroatoms. The van der Waals surface area contributed by atoms with Crippen molar-refractivity contribution in [3.8, 4) is 17.1 Å². The first-order chi connectivity index (χ1) is 9.69. The molecule has 0 saturated carbocycles. The van der Waals surface area contributed by atoms with Crippen LogP contribution < -0.4 is 10.3 Å². The third-order valence-electron chi connectivity index (χ3n) is 3.61. The minimum absolute atomic E-state index is 0.0401. The van der Waals surface area contributed by atoms with Crippen molar-refractivity contribution < 1.29 is 4.74 Å². The topological polar surface area (TPSA) is 55.0 Å². The zero-order valence-electron chi connectivity index (χ0n) is 11.2. The van der Waals surface area contributed by atoms with Crippen molar-refractivity contribution in [2.75, 3.05) is 7.11 Å². The van der Waals surface area contributed by atoms with Gasteiger partial charge in [-0.2, -0.15) is 0 Å². The van der Waals surface area contributed by atoms with E-state index in [-0.39, 0.29) is 5.56 Å². The molecule has 1 aliphatic carbocycles. The van der Waals surface area contributed by atoms with Crippen molar-refractivity contribution in [2.45, 2.75) is 25.7 Å². The van der Waals surface area contributed by atoms with Crippen molar-refractivity contribution >= 4 is 11.6 Å². The maximum absolute atomic E-state index is 12.2. The Hall–Kier alpha value is -1.81. The largest absolute Gasteiger partial charge is 0.496 e. The summed E-state index contributed by atoms with van der Waals surface area (Å²) < 4.78 is 5.32. The molecule has 2 aromatic rings. The smallest absolute Gasteiger partial charge is 0.254 e. The highest BCUT2D eigenvalue weighted by molar-refractivity contribution is 6.30. The van der Waals surface area contributed by atoms with Gasteiger partial charge in [0.2, 0.25) is 0 Å². The van der Waals surface area contributed by atoms with E-state index in [0.29, 0.717) is 16.6 Å². The van der Waals surface area contributed by atoms with Crippen LogP contribution >= 0.6 is 11.6 Å². The molecule has 4 nitrogen and oxygen atoms in total. The minimum Gasteiger partial charge on any atom is -0.496 e. The molecule has 1 aromatic carbocycles. The fourth-order valence-electron chi connectivity index (χ4n) is 2.59. The van der Waals surface area contributed by atoms with Crippen LogP contribution in [-0.4, -0.2) is 17.1 Å². The van der Waals surface area contributed by atoms with Gasteiger partial charge in [0.15, 0.2) is 0 Å². The van der Waals surface area contributed by atoms with Gasteiger partial charge >= 0.3 is 0 Å². The van der Waals surface area contributed by atoms with Crippen molar-refractivity contribution in [3.63, 3.8) is 0 Å². The summed E-state index contributed by atoms with van der Waals surface area (Å²) in [7, 11) is 1.58. The van der Waals surface area contributed by atoms with Gasteiger partial charge in [-0.25, -0.2) is 4.98 Å².